The van der Waals surface area contributed by atoms with Crippen molar-refractivity contribution in [3.8, 4) is 23.0 Å². The average Bonchev–Trinajstić information content (AvgIpc) is 2.62. The highest BCUT2D eigenvalue weighted by Crippen LogP contribution is 2.49. The SMILES string of the molecule is COc1c(OCc2ccccc2)cc2c(c1OC)[C@H](N)[C@H](O)CO2. The van der Waals surface area contributed by atoms with Crippen molar-refractivity contribution in [2.45, 2.75) is 18.8 Å². The fourth-order valence-electron chi connectivity index (χ4n) is 2.75. The van der Waals surface area contributed by atoms with E-state index in [0.717, 1.165) is 5.56 Å². The normalized spacial score (nSPS) is 19.2. The van der Waals surface area contributed by atoms with Crippen molar-refractivity contribution in [2.75, 3.05) is 20.8 Å². The number of hydrogen-bond acceptors (Lipinski definition) is 6. The van der Waals surface area contributed by atoms with Gasteiger partial charge in [-0.05, 0) is 5.56 Å². The molecule has 3 rings (SSSR count). The van der Waals surface area contributed by atoms with Gasteiger partial charge in [-0.3, -0.25) is 0 Å². The number of hydrogen-bond donors (Lipinski definition) is 2. The van der Waals surface area contributed by atoms with Gasteiger partial charge in [0, 0.05) is 6.07 Å². The summed E-state index contributed by atoms with van der Waals surface area (Å²) >= 11 is 0. The highest BCUT2D eigenvalue weighted by Gasteiger charge is 2.33. The number of aliphatic hydroxyl groups is 1. The van der Waals surface area contributed by atoms with Gasteiger partial charge in [0.05, 0.1) is 25.8 Å². The Balaban J connectivity index is 1.98. The molecule has 1 heterocycles. The van der Waals surface area contributed by atoms with Crippen molar-refractivity contribution < 1.29 is 24.1 Å². The molecule has 6 heteroatoms. The lowest BCUT2D eigenvalue weighted by molar-refractivity contribution is 0.0658. The predicted octanol–water partition coefficient (Wildman–Crippen LogP) is 2.04. The summed E-state index contributed by atoms with van der Waals surface area (Å²) < 4.78 is 22.4. The lowest BCUT2D eigenvalue weighted by atomic mass is 9.97. The highest BCUT2D eigenvalue weighted by molar-refractivity contribution is 5.63. The summed E-state index contributed by atoms with van der Waals surface area (Å²) in [6.07, 6.45) is -0.799. The fraction of sp³-hybridized carbons (Fsp3) is 0.333. The lowest BCUT2D eigenvalue weighted by Crippen LogP contribution is -2.36. The zero-order valence-corrected chi connectivity index (χ0v) is 13.7. The smallest absolute Gasteiger partial charge is 0.203 e. The minimum Gasteiger partial charge on any atom is -0.492 e. The van der Waals surface area contributed by atoms with Gasteiger partial charge in [-0.1, -0.05) is 30.3 Å². The second kappa shape index (κ2) is 6.98. The largest absolute Gasteiger partial charge is 0.492 e. The van der Waals surface area contributed by atoms with E-state index in [1.165, 1.54) is 14.2 Å². The molecule has 0 fully saturated rings. The molecule has 3 N–H and O–H groups in total. The average molecular weight is 331 g/mol. The molecule has 1 aliphatic heterocycles. The Morgan fingerprint density at radius 1 is 1.17 bits per heavy atom. The Morgan fingerprint density at radius 2 is 1.88 bits per heavy atom. The van der Waals surface area contributed by atoms with E-state index in [4.69, 9.17) is 24.7 Å². The zero-order valence-electron chi connectivity index (χ0n) is 13.7. The molecule has 0 bridgehead atoms. The second-order valence-corrected chi connectivity index (χ2v) is 5.53. The second-order valence-electron chi connectivity index (χ2n) is 5.53. The Labute approximate surface area is 140 Å². The van der Waals surface area contributed by atoms with Crippen molar-refractivity contribution in [1.82, 2.24) is 0 Å². The number of ether oxygens (including phenoxy) is 4. The summed E-state index contributed by atoms with van der Waals surface area (Å²) in [7, 11) is 3.05. The van der Waals surface area contributed by atoms with Crippen LogP contribution in [-0.4, -0.2) is 32.0 Å². The van der Waals surface area contributed by atoms with Crippen LogP contribution in [0.4, 0.5) is 0 Å². The van der Waals surface area contributed by atoms with Gasteiger partial charge in [0.1, 0.15) is 25.1 Å². The molecule has 0 aliphatic carbocycles. The Morgan fingerprint density at radius 3 is 2.54 bits per heavy atom. The van der Waals surface area contributed by atoms with Crippen molar-refractivity contribution in [3.05, 3.63) is 47.5 Å². The molecule has 1 aliphatic rings. The summed E-state index contributed by atoms with van der Waals surface area (Å²) in [6, 6.07) is 10.9. The van der Waals surface area contributed by atoms with Crippen LogP contribution in [0, 0.1) is 0 Å². The van der Waals surface area contributed by atoms with Crippen LogP contribution in [0.2, 0.25) is 0 Å². The number of benzene rings is 2. The quantitative estimate of drug-likeness (QED) is 0.872. The first-order valence-electron chi connectivity index (χ1n) is 7.67. The topological polar surface area (TPSA) is 83.2 Å². The fourth-order valence-corrected chi connectivity index (χ4v) is 2.75. The van der Waals surface area contributed by atoms with Crippen LogP contribution in [0.25, 0.3) is 0 Å². The van der Waals surface area contributed by atoms with E-state index in [-0.39, 0.29) is 6.61 Å². The maximum Gasteiger partial charge on any atom is 0.203 e. The molecule has 0 amide bonds. The van der Waals surface area contributed by atoms with Crippen LogP contribution < -0.4 is 24.7 Å². The van der Waals surface area contributed by atoms with Crippen LogP contribution in [-0.2, 0) is 6.61 Å². The molecular weight excluding hydrogens is 310 g/mol. The van der Waals surface area contributed by atoms with Gasteiger partial charge in [-0.2, -0.15) is 0 Å². The molecule has 24 heavy (non-hydrogen) atoms. The first kappa shape index (κ1) is 16.4. The predicted molar refractivity (Wildman–Crippen MR) is 88.8 cm³/mol. The molecule has 0 unspecified atom stereocenters. The molecule has 0 spiro atoms. The van der Waals surface area contributed by atoms with Gasteiger partial charge in [0.25, 0.3) is 0 Å². The zero-order chi connectivity index (χ0) is 17.1. The van der Waals surface area contributed by atoms with Crippen LogP contribution in [0.15, 0.2) is 36.4 Å². The Bertz CT molecular complexity index is 704. The van der Waals surface area contributed by atoms with Gasteiger partial charge >= 0.3 is 0 Å². The molecule has 2 aromatic rings. The molecule has 6 nitrogen and oxygen atoms in total. The molecule has 0 saturated heterocycles. The summed E-state index contributed by atoms with van der Waals surface area (Å²) in [5, 5.41) is 9.95. The number of rotatable bonds is 5. The van der Waals surface area contributed by atoms with E-state index >= 15 is 0 Å². The van der Waals surface area contributed by atoms with E-state index < -0.39 is 12.1 Å². The molecule has 128 valence electrons. The molecule has 2 atom stereocenters. The molecular formula is C18H21NO5. The lowest BCUT2D eigenvalue weighted by Gasteiger charge is -2.30. The minimum atomic E-state index is -0.799. The minimum absolute atomic E-state index is 0.127. The monoisotopic (exact) mass is 331 g/mol. The standard InChI is InChI=1S/C18H21NO5/c1-21-17-14(23-9-11-6-4-3-5-7-11)8-13-15(18(17)22-2)16(19)12(20)10-24-13/h3-8,12,16,20H,9-10,19H2,1-2H3/t12-,16-/m1/s1. The maximum absolute atomic E-state index is 9.95. The number of methoxy groups -OCH3 is 2. The van der Waals surface area contributed by atoms with Gasteiger partial charge in [-0.25, -0.2) is 0 Å². The molecule has 2 aromatic carbocycles. The third-order valence-electron chi connectivity index (χ3n) is 4.01. The van der Waals surface area contributed by atoms with Crippen LogP contribution in [0.5, 0.6) is 23.0 Å². The van der Waals surface area contributed by atoms with Gasteiger partial charge in [0.2, 0.25) is 5.75 Å². The van der Waals surface area contributed by atoms with Crippen LogP contribution in [0.3, 0.4) is 0 Å². The first-order valence-corrected chi connectivity index (χ1v) is 7.67. The molecule has 0 saturated carbocycles. The third kappa shape index (κ3) is 2.98. The number of fused-ring (bicyclic) bond motifs is 1. The van der Waals surface area contributed by atoms with Crippen molar-refractivity contribution in [2.24, 2.45) is 5.73 Å². The third-order valence-corrected chi connectivity index (χ3v) is 4.01. The Kier molecular flexibility index (Phi) is 4.78. The summed E-state index contributed by atoms with van der Waals surface area (Å²) in [5.41, 5.74) is 7.71. The maximum atomic E-state index is 9.95. The van der Waals surface area contributed by atoms with Gasteiger partial charge < -0.3 is 29.8 Å². The van der Waals surface area contributed by atoms with Gasteiger partial charge in [0.15, 0.2) is 11.5 Å². The first-order chi connectivity index (χ1) is 11.7. The Hall–Kier alpha value is -2.44. The van der Waals surface area contributed by atoms with Crippen molar-refractivity contribution in [3.63, 3.8) is 0 Å². The van der Waals surface area contributed by atoms with Crippen LogP contribution >= 0.6 is 0 Å². The van der Waals surface area contributed by atoms with E-state index in [2.05, 4.69) is 0 Å². The number of nitrogens with two attached hydrogens (primary N) is 1. The van der Waals surface area contributed by atoms with E-state index in [9.17, 15) is 5.11 Å². The highest BCUT2D eigenvalue weighted by atomic mass is 16.5. The summed E-state index contributed by atoms with van der Waals surface area (Å²) in [6.45, 7) is 0.510. The van der Waals surface area contributed by atoms with E-state index in [0.29, 0.717) is 35.2 Å². The summed E-state index contributed by atoms with van der Waals surface area (Å²) in [4.78, 5) is 0. The number of aliphatic hydroxyl groups excluding tert-OH is 1. The van der Waals surface area contributed by atoms with Gasteiger partial charge in [-0.15, -0.1) is 0 Å². The van der Waals surface area contributed by atoms with Crippen molar-refractivity contribution >= 4 is 0 Å². The van der Waals surface area contributed by atoms with E-state index in [1.807, 2.05) is 30.3 Å². The van der Waals surface area contributed by atoms with Crippen LogP contribution in [0.1, 0.15) is 17.2 Å². The molecule has 0 aromatic heterocycles. The van der Waals surface area contributed by atoms with E-state index in [1.54, 1.807) is 6.07 Å². The van der Waals surface area contributed by atoms with Crippen molar-refractivity contribution in [1.29, 1.82) is 0 Å². The summed E-state index contributed by atoms with van der Waals surface area (Å²) in [5.74, 6) is 1.89. The molecule has 0 radical (unpaired) electrons.